The molecule has 24 heavy (non-hydrogen) atoms. The molecule has 2 unspecified atom stereocenters. The lowest BCUT2D eigenvalue weighted by Crippen LogP contribution is -2.53. The topological polar surface area (TPSA) is 75.9 Å². The van der Waals surface area contributed by atoms with Crippen LogP contribution in [0.1, 0.15) is 33.3 Å². The normalized spacial score (nSPS) is 13.8. The minimum atomic E-state index is -0.395. The van der Waals surface area contributed by atoms with Crippen LogP contribution in [0.25, 0.3) is 0 Å². The van der Waals surface area contributed by atoms with E-state index in [4.69, 9.17) is 10.5 Å². The van der Waals surface area contributed by atoms with Crippen LogP contribution in [0.2, 0.25) is 0 Å². The zero-order chi connectivity index (χ0) is 18.5. The maximum atomic E-state index is 12.3. The summed E-state index contributed by atoms with van der Waals surface area (Å²) in [5.74, 6) is 0. The third-order valence-corrected chi connectivity index (χ3v) is 5.14. The minimum Gasteiger partial charge on any atom is -0.445 e. The summed E-state index contributed by atoms with van der Waals surface area (Å²) in [4.78, 5) is 26.5. The number of carbonyl (C=O) groups is 2. The number of amides is 2. The van der Waals surface area contributed by atoms with Crippen LogP contribution in [0.4, 0.5) is 10.5 Å². The van der Waals surface area contributed by atoms with Gasteiger partial charge in [-0.1, -0.05) is 26.0 Å². The molecule has 0 aliphatic carbocycles. The second kappa shape index (κ2) is 8.04. The van der Waals surface area contributed by atoms with Crippen LogP contribution in [0.3, 0.4) is 0 Å². The van der Waals surface area contributed by atoms with Gasteiger partial charge in [-0.2, -0.15) is 0 Å². The van der Waals surface area contributed by atoms with E-state index in [9.17, 15) is 9.59 Å². The van der Waals surface area contributed by atoms with E-state index in [1.807, 2.05) is 39.8 Å². The van der Waals surface area contributed by atoms with E-state index in [0.29, 0.717) is 5.69 Å². The highest BCUT2D eigenvalue weighted by Crippen LogP contribution is 2.31. The van der Waals surface area contributed by atoms with Crippen LogP contribution in [-0.4, -0.2) is 48.5 Å². The number of nitrogens with two attached hydrogens (primary N) is 1. The standard InChI is InChI=1S/C18H29N3O3/c1-13(20(5)12-22)18(3,4)14(2)21(6)17(23)24-11-15-7-9-16(19)10-8-15/h7-10,12-14H,11,19H2,1-6H3. The molecule has 1 rings (SSSR count). The van der Waals surface area contributed by atoms with Gasteiger partial charge in [-0.05, 0) is 31.5 Å². The number of nitrogen functional groups attached to an aromatic ring is 1. The van der Waals surface area contributed by atoms with Crippen molar-refractivity contribution in [3.05, 3.63) is 29.8 Å². The maximum Gasteiger partial charge on any atom is 0.410 e. The van der Waals surface area contributed by atoms with Gasteiger partial charge in [-0.3, -0.25) is 4.79 Å². The molecule has 1 aromatic rings. The first-order valence-electron chi connectivity index (χ1n) is 8.02. The molecule has 0 aliphatic rings. The summed E-state index contributed by atoms with van der Waals surface area (Å²) in [5, 5.41) is 0. The maximum absolute atomic E-state index is 12.3. The predicted molar refractivity (Wildman–Crippen MR) is 95.3 cm³/mol. The fourth-order valence-corrected chi connectivity index (χ4v) is 2.48. The van der Waals surface area contributed by atoms with E-state index >= 15 is 0 Å². The molecule has 0 spiro atoms. The van der Waals surface area contributed by atoms with E-state index in [1.54, 1.807) is 36.0 Å². The highest BCUT2D eigenvalue weighted by atomic mass is 16.6. The Hall–Kier alpha value is -2.24. The lowest BCUT2D eigenvalue weighted by atomic mass is 9.77. The number of carbonyl (C=O) groups excluding carboxylic acids is 2. The van der Waals surface area contributed by atoms with Crippen LogP contribution in [0, 0.1) is 5.41 Å². The lowest BCUT2D eigenvalue weighted by molar-refractivity contribution is -0.121. The van der Waals surface area contributed by atoms with E-state index in [-0.39, 0.29) is 24.1 Å². The second-order valence-corrected chi connectivity index (χ2v) is 6.85. The Morgan fingerprint density at radius 1 is 1.21 bits per heavy atom. The molecule has 2 atom stereocenters. The predicted octanol–water partition coefficient (Wildman–Crippen LogP) is 2.73. The average molecular weight is 335 g/mol. The molecular formula is C18H29N3O3. The van der Waals surface area contributed by atoms with E-state index in [2.05, 4.69) is 0 Å². The first kappa shape index (κ1) is 19.8. The summed E-state index contributed by atoms with van der Waals surface area (Å²) < 4.78 is 5.38. The minimum absolute atomic E-state index is 0.0302. The smallest absolute Gasteiger partial charge is 0.410 e. The summed E-state index contributed by atoms with van der Waals surface area (Å²) in [6.07, 6.45) is 0.409. The van der Waals surface area contributed by atoms with Gasteiger partial charge in [-0.15, -0.1) is 0 Å². The van der Waals surface area contributed by atoms with E-state index in [0.717, 1.165) is 12.0 Å². The van der Waals surface area contributed by atoms with Crippen molar-refractivity contribution >= 4 is 18.2 Å². The zero-order valence-corrected chi connectivity index (χ0v) is 15.4. The molecule has 2 amide bonds. The first-order chi connectivity index (χ1) is 11.1. The van der Waals surface area contributed by atoms with Crippen molar-refractivity contribution in [1.82, 2.24) is 9.80 Å². The molecule has 2 N–H and O–H groups in total. The van der Waals surface area contributed by atoms with Gasteiger partial charge in [0.2, 0.25) is 6.41 Å². The van der Waals surface area contributed by atoms with Gasteiger partial charge in [0.25, 0.3) is 0 Å². The average Bonchev–Trinajstić information content (AvgIpc) is 2.57. The van der Waals surface area contributed by atoms with Crippen LogP contribution in [-0.2, 0) is 16.1 Å². The van der Waals surface area contributed by atoms with Gasteiger partial charge in [0, 0.05) is 37.3 Å². The number of hydrogen-bond donors (Lipinski definition) is 1. The summed E-state index contributed by atoms with van der Waals surface area (Å²) in [5.41, 5.74) is 6.89. The van der Waals surface area contributed by atoms with Crippen molar-refractivity contribution in [3.8, 4) is 0 Å². The second-order valence-electron chi connectivity index (χ2n) is 6.85. The van der Waals surface area contributed by atoms with Crippen LogP contribution in [0.15, 0.2) is 24.3 Å². The Bertz CT molecular complexity index is 557. The number of nitrogens with zero attached hydrogens (tertiary/aromatic N) is 2. The molecule has 0 bridgehead atoms. The quantitative estimate of drug-likeness (QED) is 0.614. The van der Waals surface area contributed by atoms with Crippen molar-refractivity contribution in [2.45, 2.75) is 46.4 Å². The Labute approximate surface area is 144 Å². The number of benzene rings is 1. The van der Waals surface area contributed by atoms with Crippen molar-refractivity contribution in [2.75, 3.05) is 19.8 Å². The molecule has 6 nitrogen and oxygen atoms in total. The van der Waals surface area contributed by atoms with Crippen molar-refractivity contribution in [1.29, 1.82) is 0 Å². The summed E-state index contributed by atoms with van der Waals surface area (Å²) in [6.45, 7) is 8.19. The van der Waals surface area contributed by atoms with Crippen molar-refractivity contribution in [3.63, 3.8) is 0 Å². The zero-order valence-electron chi connectivity index (χ0n) is 15.4. The van der Waals surface area contributed by atoms with Crippen LogP contribution >= 0.6 is 0 Å². The highest BCUT2D eigenvalue weighted by Gasteiger charge is 2.38. The fraction of sp³-hybridized carbons (Fsp3) is 0.556. The number of ether oxygens (including phenoxy) is 1. The molecule has 1 aromatic carbocycles. The summed E-state index contributed by atoms with van der Waals surface area (Å²) in [6, 6.07) is 7.06. The SMILES string of the molecule is CC(N(C)C=O)C(C)(C)C(C)N(C)C(=O)OCc1ccc(N)cc1. The van der Waals surface area contributed by atoms with Gasteiger partial charge in [0.15, 0.2) is 0 Å². The Morgan fingerprint density at radius 3 is 2.25 bits per heavy atom. The molecule has 0 saturated carbocycles. The molecular weight excluding hydrogens is 306 g/mol. The fourth-order valence-electron chi connectivity index (χ4n) is 2.48. The van der Waals surface area contributed by atoms with E-state index in [1.165, 1.54) is 0 Å². The number of rotatable bonds is 7. The molecule has 0 aromatic heterocycles. The monoisotopic (exact) mass is 335 g/mol. The lowest BCUT2D eigenvalue weighted by Gasteiger charge is -2.44. The molecule has 0 radical (unpaired) electrons. The summed E-state index contributed by atoms with van der Waals surface area (Å²) >= 11 is 0. The number of hydrogen-bond acceptors (Lipinski definition) is 4. The molecule has 134 valence electrons. The van der Waals surface area contributed by atoms with Crippen molar-refractivity contribution < 1.29 is 14.3 Å². The van der Waals surface area contributed by atoms with Gasteiger partial charge >= 0.3 is 6.09 Å². The van der Waals surface area contributed by atoms with Gasteiger partial charge in [0.1, 0.15) is 6.61 Å². The third-order valence-electron chi connectivity index (χ3n) is 5.14. The van der Waals surface area contributed by atoms with Gasteiger partial charge in [-0.25, -0.2) is 4.79 Å². The molecule has 6 heteroatoms. The Balaban J connectivity index is 2.69. The Morgan fingerprint density at radius 2 is 1.75 bits per heavy atom. The largest absolute Gasteiger partial charge is 0.445 e. The Kier molecular flexibility index (Phi) is 6.63. The third kappa shape index (κ3) is 4.63. The summed E-state index contributed by atoms with van der Waals surface area (Å²) in [7, 11) is 3.46. The number of anilines is 1. The van der Waals surface area contributed by atoms with E-state index < -0.39 is 6.09 Å². The van der Waals surface area contributed by atoms with Gasteiger partial charge in [0.05, 0.1) is 0 Å². The molecule has 0 aliphatic heterocycles. The van der Waals surface area contributed by atoms with Crippen LogP contribution in [0.5, 0.6) is 0 Å². The molecule has 0 saturated heterocycles. The van der Waals surface area contributed by atoms with Gasteiger partial charge < -0.3 is 20.3 Å². The van der Waals surface area contributed by atoms with Crippen LogP contribution < -0.4 is 5.73 Å². The highest BCUT2D eigenvalue weighted by molar-refractivity contribution is 5.67. The molecule has 0 fully saturated rings. The molecule has 0 heterocycles. The first-order valence-corrected chi connectivity index (χ1v) is 8.02. The van der Waals surface area contributed by atoms with Crippen molar-refractivity contribution in [2.24, 2.45) is 5.41 Å².